The van der Waals surface area contributed by atoms with Gasteiger partial charge in [-0.05, 0) is 36.1 Å². The Morgan fingerprint density at radius 1 is 1.04 bits per heavy atom. The number of nitrogens with zero attached hydrogens (tertiary/aromatic N) is 1. The normalized spacial score (nSPS) is 16.8. The Labute approximate surface area is 164 Å². The lowest BCUT2D eigenvalue weighted by Crippen LogP contribution is -2.40. The second kappa shape index (κ2) is 7.64. The van der Waals surface area contributed by atoms with Crippen molar-refractivity contribution in [1.82, 2.24) is 14.0 Å². The fourth-order valence-electron chi connectivity index (χ4n) is 3.74. The molecule has 2 N–H and O–H groups in total. The van der Waals surface area contributed by atoms with Gasteiger partial charge in [-0.15, -0.1) is 0 Å². The van der Waals surface area contributed by atoms with Crippen LogP contribution in [0.5, 0.6) is 0 Å². The standard InChI is InChI=1S/C20H22ClN3O2S/c21-19-9-3-1-7-15(19)18(14-23-27(25,26)24-11-5-6-12-24)17-13-22-20-10-4-2-8-16(17)20/h1-4,7-10,13,18,22-23H,5-6,11-12,14H2. The number of rotatable bonds is 6. The van der Waals surface area contributed by atoms with Crippen molar-refractivity contribution >= 4 is 32.7 Å². The van der Waals surface area contributed by atoms with Crippen LogP contribution in [0, 0.1) is 0 Å². The monoisotopic (exact) mass is 403 g/mol. The van der Waals surface area contributed by atoms with Gasteiger partial charge in [-0.25, -0.2) is 4.72 Å². The van der Waals surface area contributed by atoms with E-state index in [1.54, 1.807) is 0 Å². The van der Waals surface area contributed by atoms with Crippen LogP contribution in [0.3, 0.4) is 0 Å². The molecule has 1 unspecified atom stereocenters. The summed E-state index contributed by atoms with van der Waals surface area (Å²) >= 11 is 6.47. The van der Waals surface area contributed by atoms with Crippen molar-refractivity contribution in [3.8, 4) is 0 Å². The first-order valence-corrected chi connectivity index (χ1v) is 10.9. The summed E-state index contributed by atoms with van der Waals surface area (Å²) in [4.78, 5) is 3.28. The maximum atomic E-state index is 12.7. The summed E-state index contributed by atoms with van der Waals surface area (Å²) in [5.41, 5.74) is 2.96. The van der Waals surface area contributed by atoms with Crippen molar-refractivity contribution in [2.75, 3.05) is 19.6 Å². The SMILES string of the molecule is O=S(=O)(NCC(c1ccccc1Cl)c1c[nH]c2ccccc12)N1CCCC1. The van der Waals surface area contributed by atoms with Gasteiger partial charge in [0, 0.05) is 47.7 Å². The van der Waals surface area contributed by atoms with Crippen LogP contribution in [0.4, 0.5) is 0 Å². The second-order valence-electron chi connectivity index (χ2n) is 6.82. The Morgan fingerprint density at radius 2 is 1.74 bits per heavy atom. The van der Waals surface area contributed by atoms with Crippen molar-refractivity contribution in [2.24, 2.45) is 0 Å². The highest BCUT2D eigenvalue weighted by molar-refractivity contribution is 7.87. The Kier molecular flexibility index (Phi) is 5.23. The average Bonchev–Trinajstić information content (AvgIpc) is 3.34. The van der Waals surface area contributed by atoms with E-state index in [9.17, 15) is 8.42 Å². The fraction of sp³-hybridized carbons (Fsp3) is 0.300. The van der Waals surface area contributed by atoms with E-state index in [0.717, 1.165) is 34.9 Å². The number of hydrogen-bond donors (Lipinski definition) is 2. The molecule has 142 valence electrons. The molecule has 0 radical (unpaired) electrons. The molecule has 0 amide bonds. The molecular weight excluding hydrogens is 382 g/mol. The van der Waals surface area contributed by atoms with Crippen LogP contribution < -0.4 is 4.72 Å². The van der Waals surface area contributed by atoms with Crippen molar-refractivity contribution in [2.45, 2.75) is 18.8 Å². The predicted octanol–water partition coefficient (Wildman–Crippen LogP) is 3.88. The average molecular weight is 404 g/mol. The number of para-hydroxylation sites is 1. The van der Waals surface area contributed by atoms with Crippen LogP contribution in [0.25, 0.3) is 10.9 Å². The quantitative estimate of drug-likeness (QED) is 0.655. The van der Waals surface area contributed by atoms with Gasteiger partial charge in [-0.2, -0.15) is 12.7 Å². The largest absolute Gasteiger partial charge is 0.361 e. The van der Waals surface area contributed by atoms with Crippen LogP contribution in [0.2, 0.25) is 5.02 Å². The molecule has 0 bridgehead atoms. The summed E-state index contributed by atoms with van der Waals surface area (Å²) in [5.74, 6) is -0.188. The Balaban J connectivity index is 1.70. The summed E-state index contributed by atoms with van der Waals surface area (Å²) in [7, 11) is -3.49. The molecule has 4 rings (SSSR count). The lowest BCUT2D eigenvalue weighted by Gasteiger charge is -2.22. The van der Waals surface area contributed by atoms with Gasteiger partial charge in [0.25, 0.3) is 10.2 Å². The van der Waals surface area contributed by atoms with Crippen molar-refractivity contribution in [1.29, 1.82) is 0 Å². The molecule has 2 aromatic carbocycles. The van der Waals surface area contributed by atoms with Gasteiger partial charge in [0.15, 0.2) is 0 Å². The number of nitrogens with one attached hydrogen (secondary N) is 2. The molecule has 7 heteroatoms. The zero-order chi connectivity index (χ0) is 18.9. The van der Waals surface area contributed by atoms with Gasteiger partial charge in [-0.1, -0.05) is 48.0 Å². The molecule has 1 aliphatic rings. The summed E-state index contributed by atoms with van der Waals surface area (Å²) < 4.78 is 29.6. The first-order valence-electron chi connectivity index (χ1n) is 9.11. The van der Waals surface area contributed by atoms with E-state index >= 15 is 0 Å². The van der Waals surface area contributed by atoms with Gasteiger partial charge in [0.2, 0.25) is 0 Å². The number of fused-ring (bicyclic) bond motifs is 1. The summed E-state index contributed by atoms with van der Waals surface area (Å²) in [6, 6.07) is 15.6. The summed E-state index contributed by atoms with van der Waals surface area (Å²) in [6.45, 7) is 1.42. The fourth-order valence-corrected chi connectivity index (χ4v) is 5.30. The lowest BCUT2D eigenvalue weighted by molar-refractivity contribution is 0.463. The Hall–Kier alpha value is -1.86. The molecular formula is C20H22ClN3O2S. The molecule has 1 saturated heterocycles. The third-order valence-electron chi connectivity index (χ3n) is 5.15. The first kappa shape index (κ1) is 18.5. The van der Waals surface area contributed by atoms with E-state index in [0.29, 0.717) is 18.1 Å². The Morgan fingerprint density at radius 3 is 2.52 bits per heavy atom. The van der Waals surface area contributed by atoms with Crippen LogP contribution in [0.15, 0.2) is 54.7 Å². The minimum Gasteiger partial charge on any atom is -0.361 e. The van der Waals surface area contributed by atoms with Crippen LogP contribution in [-0.4, -0.2) is 37.3 Å². The minimum atomic E-state index is -3.49. The van der Waals surface area contributed by atoms with E-state index in [4.69, 9.17) is 11.6 Å². The molecule has 0 spiro atoms. The zero-order valence-electron chi connectivity index (χ0n) is 14.9. The molecule has 2 heterocycles. The number of benzene rings is 2. The number of halogens is 1. The highest BCUT2D eigenvalue weighted by Crippen LogP contribution is 2.34. The summed E-state index contributed by atoms with van der Waals surface area (Å²) in [6.07, 6.45) is 3.78. The van der Waals surface area contributed by atoms with E-state index < -0.39 is 10.2 Å². The minimum absolute atomic E-state index is 0.188. The molecule has 3 aromatic rings. The number of aromatic amines is 1. The molecule has 0 saturated carbocycles. The molecule has 0 aliphatic carbocycles. The van der Waals surface area contributed by atoms with E-state index in [1.165, 1.54) is 4.31 Å². The third-order valence-corrected chi connectivity index (χ3v) is 7.07. The molecule has 1 aromatic heterocycles. The lowest BCUT2D eigenvalue weighted by atomic mass is 9.91. The molecule has 5 nitrogen and oxygen atoms in total. The topological polar surface area (TPSA) is 65.2 Å². The first-order chi connectivity index (χ1) is 13.1. The van der Waals surface area contributed by atoms with Gasteiger partial charge in [-0.3, -0.25) is 0 Å². The third kappa shape index (κ3) is 3.75. The van der Waals surface area contributed by atoms with Gasteiger partial charge >= 0.3 is 0 Å². The van der Waals surface area contributed by atoms with Crippen LogP contribution in [0.1, 0.15) is 29.9 Å². The van der Waals surface area contributed by atoms with Gasteiger partial charge in [0.05, 0.1) is 0 Å². The number of H-pyrrole nitrogens is 1. The molecule has 27 heavy (non-hydrogen) atoms. The summed E-state index contributed by atoms with van der Waals surface area (Å²) in [5, 5.41) is 1.70. The second-order valence-corrected chi connectivity index (χ2v) is 8.99. The molecule has 1 aliphatic heterocycles. The van der Waals surface area contributed by atoms with Crippen molar-refractivity contribution < 1.29 is 8.42 Å². The molecule has 1 atom stereocenters. The predicted molar refractivity (Wildman–Crippen MR) is 109 cm³/mol. The Bertz CT molecular complexity index is 1040. The smallest absolute Gasteiger partial charge is 0.279 e. The number of hydrogen-bond acceptors (Lipinski definition) is 2. The highest BCUT2D eigenvalue weighted by atomic mass is 35.5. The van der Waals surface area contributed by atoms with Crippen LogP contribution in [-0.2, 0) is 10.2 Å². The van der Waals surface area contributed by atoms with Gasteiger partial charge in [0.1, 0.15) is 0 Å². The molecule has 1 fully saturated rings. The number of aromatic nitrogens is 1. The zero-order valence-corrected chi connectivity index (χ0v) is 16.4. The van der Waals surface area contributed by atoms with Crippen LogP contribution >= 0.6 is 11.6 Å². The van der Waals surface area contributed by atoms with E-state index in [1.807, 2.05) is 54.7 Å². The highest BCUT2D eigenvalue weighted by Gasteiger charge is 2.28. The maximum Gasteiger partial charge on any atom is 0.279 e. The van der Waals surface area contributed by atoms with Crippen molar-refractivity contribution in [3.05, 3.63) is 70.9 Å². The van der Waals surface area contributed by atoms with Gasteiger partial charge < -0.3 is 4.98 Å². The van der Waals surface area contributed by atoms with E-state index in [2.05, 4.69) is 9.71 Å². The maximum absolute atomic E-state index is 12.7. The van der Waals surface area contributed by atoms with Crippen molar-refractivity contribution in [3.63, 3.8) is 0 Å². The van der Waals surface area contributed by atoms with E-state index in [-0.39, 0.29) is 12.5 Å².